The van der Waals surface area contributed by atoms with Crippen LogP contribution in [0.3, 0.4) is 0 Å². The number of benzene rings is 2. The Morgan fingerprint density at radius 3 is 2.29 bits per heavy atom. The van der Waals surface area contributed by atoms with Crippen LogP contribution in [-0.2, 0) is 14.3 Å². The van der Waals surface area contributed by atoms with Crippen molar-refractivity contribution in [3.8, 4) is 23.0 Å². The molecule has 0 amide bonds. The van der Waals surface area contributed by atoms with Crippen LogP contribution in [0, 0.1) is 5.92 Å². The second kappa shape index (κ2) is 11.3. The van der Waals surface area contributed by atoms with E-state index in [1.807, 2.05) is 32.0 Å². The van der Waals surface area contributed by atoms with E-state index in [-0.39, 0.29) is 30.0 Å². The van der Waals surface area contributed by atoms with Crippen molar-refractivity contribution >= 4 is 17.5 Å². The molecule has 1 N–H and O–H groups in total. The number of aliphatic imine (C=N–C) groups is 1. The Bertz CT molecular complexity index is 1300. The van der Waals surface area contributed by atoms with Crippen LogP contribution in [0.5, 0.6) is 23.0 Å². The van der Waals surface area contributed by atoms with Crippen molar-refractivity contribution in [1.82, 2.24) is 0 Å². The number of carbonyl (C=O) groups is 2. The van der Waals surface area contributed by atoms with Gasteiger partial charge in [-0.2, -0.15) is 0 Å². The minimum Gasteiger partial charge on any atom is -0.504 e. The molecule has 202 valence electrons. The van der Waals surface area contributed by atoms with Gasteiger partial charge < -0.3 is 24.1 Å². The molecule has 1 aliphatic carbocycles. The number of ether oxygens (including phenoxy) is 4. The molecule has 1 heterocycles. The SMILES string of the molecule is CCC(C)OC(=O)C1C(C)=NC2=C(C(=O)CC(c3ccc(OC)c(OC)c3)C2)C1c1ccc(OC)c(O)c1. The summed E-state index contributed by atoms with van der Waals surface area (Å²) in [6.45, 7) is 5.58. The highest BCUT2D eigenvalue weighted by Gasteiger charge is 2.45. The maximum Gasteiger partial charge on any atom is 0.315 e. The van der Waals surface area contributed by atoms with Gasteiger partial charge in [0.25, 0.3) is 0 Å². The number of phenols is 1. The van der Waals surface area contributed by atoms with Crippen molar-refractivity contribution in [3.05, 3.63) is 58.8 Å². The summed E-state index contributed by atoms with van der Waals surface area (Å²) in [4.78, 5) is 32.0. The van der Waals surface area contributed by atoms with Crippen molar-refractivity contribution < 1.29 is 33.6 Å². The Morgan fingerprint density at radius 1 is 1.00 bits per heavy atom. The van der Waals surface area contributed by atoms with Gasteiger partial charge in [-0.1, -0.05) is 19.1 Å². The Balaban J connectivity index is 1.79. The van der Waals surface area contributed by atoms with E-state index in [9.17, 15) is 14.7 Å². The zero-order valence-corrected chi connectivity index (χ0v) is 22.7. The van der Waals surface area contributed by atoms with Crippen molar-refractivity contribution in [2.45, 2.75) is 58.0 Å². The molecule has 8 heteroatoms. The molecular weight excluding hydrogens is 486 g/mol. The molecule has 1 aliphatic heterocycles. The summed E-state index contributed by atoms with van der Waals surface area (Å²) in [6.07, 6.45) is 1.18. The molecule has 0 radical (unpaired) electrons. The number of aromatic hydroxyl groups is 1. The van der Waals surface area contributed by atoms with E-state index in [2.05, 4.69) is 0 Å². The summed E-state index contributed by atoms with van der Waals surface area (Å²) in [5.74, 6) is -0.560. The fraction of sp³-hybridized carbons (Fsp3) is 0.433. The van der Waals surface area contributed by atoms with Gasteiger partial charge >= 0.3 is 5.97 Å². The number of hydrogen-bond acceptors (Lipinski definition) is 8. The Hall–Kier alpha value is -3.81. The Morgan fingerprint density at radius 2 is 1.66 bits per heavy atom. The van der Waals surface area contributed by atoms with Crippen LogP contribution in [0.15, 0.2) is 52.7 Å². The zero-order valence-electron chi connectivity index (χ0n) is 22.7. The summed E-state index contributed by atoms with van der Waals surface area (Å²) in [5, 5.41) is 10.5. The number of Topliss-reactive ketones (excluding diaryl/α,β-unsaturated/α-hetero) is 1. The molecule has 0 spiro atoms. The molecule has 8 nitrogen and oxygen atoms in total. The van der Waals surface area contributed by atoms with Crippen LogP contribution in [0.2, 0.25) is 0 Å². The third-order valence-electron chi connectivity index (χ3n) is 7.48. The van der Waals surface area contributed by atoms with E-state index in [4.69, 9.17) is 23.9 Å². The number of methoxy groups -OCH3 is 3. The summed E-state index contributed by atoms with van der Waals surface area (Å²) < 4.78 is 21.8. The van der Waals surface area contributed by atoms with Crippen LogP contribution in [0.25, 0.3) is 0 Å². The van der Waals surface area contributed by atoms with Gasteiger partial charge in [0.15, 0.2) is 28.8 Å². The smallest absolute Gasteiger partial charge is 0.315 e. The first-order chi connectivity index (χ1) is 18.2. The van der Waals surface area contributed by atoms with Crippen LogP contribution >= 0.6 is 0 Å². The normalized spacial score (nSPS) is 21.8. The van der Waals surface area contributed by atoms with Gasteiger partial charge in [-0.05, 0) is 68.0 Å². The third kappa shape index (κ3) is 5.12. The average molecular weight is 522 g/mol. The molecule has 0 saturated heterocycles. The molecule has 2 aliphatic rings. The van der Waals surface area contributed by atoms with E-state index in [1.165, 1.54) is 7.11 Å². The number of rotatable bonds is 8. The van der Waals surface area contributed by atoms with Gasteiger partial charge in [-0.15, -0.1) is 0 Å². The predicted octanol–water partition coefficient (Wildman–Crippen LogP) is 5.33. The lowest BCUT2D eigenvalue weighted by molar-refractivity contribution is -0.151. The van der Waals surface area contributed by atoms with Gasteiger partial charge in [0.05, 0.1) is 27.4 Å². The number of ketones is 1. The van der Waals surface area contributed by atoms with E-state index in [1.54, 1.807) is 39.3 Å². The highest BCUT2D eigenvalue weighted by molar-refractivity contribution is 6.09. The number of esters is 1. The van der Waals surface area contributed by atoms with Crippen LogP contribution in [0.4, 0.5) is 0 Å². The summed E-state index contributed by atoms with van der Waals surface area (Å²) in [5.41, 5.74) is 3.33. The molecule has 4 unspecified atom stereocenters. The highest BCUT2D eigenvalue weighted by atomic mass is 16.5. The number of allylic oxidation sites excluding steroid dienone is 2. The molecular formula is C30H35NO7. The topological polar surface area (TPSA) is 104 Å². The number of hydrogen-bond donors (Lipinski definition) is 1. The standard InChI is InChI=1S/C30H35NO7/c1-7-16(2)38-30(34)27-17(3)31-21-12-20(18-8-11-25(36-5)26(15-18)37-6)14-23(33)29(21)28(27)19-9-10-24(35-4)22(32)13-19/h8-11,13,15-16,20,27-28,32H,7,12,14H2,1-6H3. The maximum absolute atomic E-state index is 13.8. The van der Waals surface area contributed by atoms with Gasteiger partial charge in [0, 0.05) is 29.3 Å². The molecule has 4 atom stereocenters. The molecule has 2 aromatic rings. The van der Waals surface area contributed by atoms with E-state index >= 15 is 0 Å². The molecule has 0 bridgehead atoms. The average Bonchev–Trinajstić information content (AvgIpc) is 2.91. The monoisotopic (exact) mass is 521 g/mol. The highest BCUT2D eigenvalue weighted by Crippen LogP contribution is 2.48. The van der Waals surface area contributed by atoms with E-state index in [0.29, 0.717) is 52.6 Å². The first kappa shape index (κ1) is 27.2. The lowest BCUT2D eigenvalue weighted by Gasteiger charge is -2.37. The summed E-state index contributed by atoms with van der Waals surface area (Å²) in [6, 6.07) is 10.7. The Labute approximate surface area is 223 Å². The van der Waals surface area contributed by atoms with Crippen LogP contribution in [0.1, 0.15) is 63.0 Å². The van der Waals surface area contributed by atoms with Crippen molar-refractivity contribution in [2.75, 3.05) is 21.3 Å². The molecule has 38 heavy (non-hydrogen) atoms. The molecule has 0 saturated carbocycles. The first-order valence-corrected chi connectivity index (χ1v) is 12.8. The molecule has 0 fully saturated rings. The molecule has 4 rings (SSSR count). The third-order valence-corrected chi connectivity index (χ3v) is 7.48. The number of carbonyl (C=O) groups excluding carboxylic acids is 2. The van der Waals surface area contributed by atoms with Gasteiger partial charge in [0.1, 0.15) is 5.92 Å². The summed E-state index contributed by atoms with van der Waals surface area (Å²) in [7, 11) is 4.63. The minimum absolute atomic E-state index is 0.0622. The van der Waals surface area contributed by atoms with Gasteiger partial charge in [0.2, 0.25) is 0 Å². The minimum atomic E-state index is -0.780. The van der Waals surface area contributed by atoms with E-state index < -0.39 is 17.8 Å². The fourth-order valence-corrected chi connectivity index (χ4v) is 5.32. The molecule has 2 aromatic carbocycles. The second-order valence-corrected chi connectivity index (χ2v) is 9.80. The van der Waals surface area contributed by atoms with Gasteiger partial charge in [-0.25, -0.2) is 0 Å². The van der Waals surface area contributed by atoms with Crippen LogP contribution in [-0.4, -0.2) is 50.0 Å². The van der Waals surface area contributed by atoms with Crippen molar-refractivity contribution in [1.29, 1.82) is 0 Å². The lowest BCUT2D eigenvalue weighted by atomic mass is 9.69. The Kier molecular flexibility index (Phi) is 8.09. The number of phenolic OH excluding ortho intramolecular Hbond substituents is 1. The van der Waals surface area contributed by atoms with Gasteiger partial charge in [-0.3, -0.25) is 14.6 Å². The molecule has 0 aromatic heterocycles. The van der Waals surface area contributed by atoms with E-state index in [0.717, 1.165) is 5.56 Å². The maximum atomic E-state index is 13.8. The van der Waals surface area contributed by atoms with Crippen molar-refractivity contribution in [2.24, 2.45) is 10.9 Å². The predicted molar refractivity (Wildman–Crippen MR) is 143 cm³/mol. The number of nitrogens with zero attached hydrogens (tertiary/aromatic N) is 1. The van der Waals surface area contributed by atoms with Crippen LogP contribution < -0.4 is 14.2 Å². The lowest BCUT2D eigenvalue weighted by Crippen LogP contribution is -2.39. The largest absolute Gasteiger partial charge is 0.504 e. The quantitative estimate of drug-likeness (QED) is 0.468. The fourth-order valence-electron chi connectivity index (χ4n) is 5.32. The zero-order chi connectivity index (χ0) is 27.6. The second-order valence-electron chi connectivity index (χ2n) is 9.80. The summed E-state index contributed by atoms with van der Waals surface area (Å²) >= 11 is 0. The van der Waals surface area contributed by atoms with Crippen molar-refractivity contribution in [3.63, 3.8) is 0 Å². The first-order valence-electron chi connectivity index (χ1n) is 12.8.